The van der Waals surface area contributed by atoms with Crippen LogP contribution in [-0.2, 0) is 12.0 Å². The summed E-state index contributed by atoms with van der Waals surface area (Å²) >= 11 is 0. The van der Waals surface area contributed by atoms with Crippen molar-refractivity contribution < 1.29 is 18.7 Å². The monoisotopic (exact) mass is 397 g/mol. The molecule has 3 aromatic heterocycles. The van der Waals surface area contributed by atoms with E-state index in [2.05, 4.69) is 25.3 Å². The summed E-state index contributed by atoms with van der Waals surface area (Å²) < 4.78 is 27.0. The van der Waals surface area contributed by atoms with Gasteiger partial charge in [0, 0.05) is 35.8 Å². The summed E-state index contributed by atoms with van der Waals surface area (Å²) in [4.78, 5) is 25.9. The number of H-pyrrole nitrogens is 2. The summed E-state index contributed by atoms with van der Waals surface area (Å²) in [6, 6.07) is 6.86. The minimum absolute atomic E-state index is 0.245. The Balaban J connectivity index is 1.72. The fraction of sp³-hybridized carbons (Fsp3) is 0.150. The molecule has 1 atom stereocenters. The van der Waals surface area contributed by atoms with Gasteiger partial charge in [0.2, 0.25) is 0 Å². The molecular weight excluding hydrogens is 380 g/mol. The first-order valence-corrected chi connectivity index (χ1v) is 8.78. The molecule has 0 aliphatic carbocycles. The minimum Gasteiger partial charge on any atom is -0.465 e. The molecule has 0 aliphatic rings. The molecule has 4 N–H and O–H groups in total. The van der Waals surface area contributed by atoms with Gasteiger partial charge in [-0.15, -0.1) is 0 Å². The summed E-state index contributed by atoms with van der Waals surface area (Å²) in [5.74, 6) is -0.461. The number of hydrogen-bond acceptors (Lipinski definition) is 3. The molecule has 4 aromatic rings. The number of hydrogen-bond donors (Lipinski definition) is 4. The van der Waals surface area contributed by atoms with Crippen molar-refractivity contribution in [3.8, 4) is 11.4 Å². The highest BCUT2D eigenvalue weighted by molar-refractivity contribution is 5.83. The third kappa shape index (κ3) is 3.66. The normalized spacial score (nSPS) is 13.3. The van der Waals surface area contributed by atoms with Crippen LogP contribution in [0.25, 0.3) is 22.3 Å². The van der Waals surface area contributed by atoms with Crippen LogP contribution < -0.4 is 5.32 Å². The maximum Gasteiger partial charge on any atom is 0.405 e. The Morgan fingerprint density at radius 2 is 2.00 bits per heavy atom. The van der Waals surface area contributed by atoms with Crippen molar-refractivity contribution in [3.63, 3.8) is 0 Å². The number of benzene rings is 1. The zero-order chi connectivity index (χ0) is 20.6. The molecule has 4 rings (SSSR count). The van der Waals surface area contributed by atoms with Gasteiger partial charge in [0.1, 0.15) is 23.0 Å². The predicted molar refractivity (Wildman–Crippen MR) is 102 cm³/mol. The number of nitrogens with one attached hydrogen (secondary N) is 3. The van der Waals surface area contributed by atoms with Gasteiger partial charge in [-0.05, 0) is 36.8 Å². The van der Waals surface area contributed by atoms with Crippen LogP contribution in [0.1, 0.15) is 18.3 Å². The van der Waals surface area contributed by atoms with Gasteiger partial charge in [0.05, 0.1) is 17.6 Å². The summed E-state index contributed by atoms with van der Waals surface area (Å²) in [6.45, 7) is 1.69. The van der Waals surface area contributed by atoms with Crippen LogP contribution in [0.2, 0.25) is 0 Å². The fourth-order valence-corrected chi connectivity index (χ4v) is 3.39. The lowest BCUT2D eigenvalue weighted by molar-refractivity contribution is 0.178. The van der Waals surface area contributed by atoms with E-state index in [0.717, 1.165) is 10.9 Å². The molecule has 0 saturated carbocycles. The number of imidazole rings is 1. The highest BCUT2D eigenvalue weighted by Gasteiger charge is 2.33. The van der Waals surface area contributed by atoms with E-state index in [0.29, 0.717) is 22.7 Å². The second kappa shape index (κ2) is 7.01. The standard InChI is InChI=1S/C20H17F2N5O2/c1-20(27-19(28)29,8-11-9-24-15-6-12(21)2-3-14(11)15)18-25-10-17(26-18)16-7-13(22)4-5-23-16/h2-7,9-10,24,27H,8H2,1H3,(H,25,26)(H,28,29). The average molecular weight is 397 g/mol. The highest BCUT2D eigenvalue weighted by Crippen LogP contribution is 2.29. The molecule has 29 heavy (non-hydrogen) atoms. The van der Waals surface area contributed by atoms with Gasteiger partial charge in [0.15, 0.2) is 0 Å². The lowest BCUT2D eigenvalue weighted by Crippen LogP contribution is -2.45. The van der Waals surface area contributed by atoms with Gasteiger partial charge in [-0.1, -0.05) is 0 Å². The van der Waals surface area contributed by atoms with E-state index in [4.69, 9.17) is 0 Å². The smallest absolute Gasteiger partial charge is 0.405 e. The van der Waals surface area contributed by atoms with Crippen molar-refractivity contribution in [1.82, 2.24) is 25.3 Å². The zero-order valence-electron chi connectivity index (χ0n) is 15.3. The van der Waals surface area contributed by atoms with Gasteiger partial charge in [-0.3, -0.25) is 4.98 Å². The van der Waals surface area contributed by atoms with Crippen molar-refractivity contribution in [2.24, 2.45) is 0 Å². The number of carboxylic acid groups (broad SMARTS) is 1. The van der Waals surface area contributed by atoms with E-state index in [-0.39, 0.29) is 12.2 Å². The molecule has 3 heterocycles. The maximum atomic E-state index is 13.5. The number of amides is 1. The van der Waals surface area contributed by atoms with Crippen LogP contribution in [0.5, 0.6) is 0 Å². The van der Waals surface area contributed by atoms with Crippen molar-refractivity contribution in [3.05, 3.63) is 71.9 Å². The van der Waals surface area contributed by atoms with E-state index in [1.165, 1.54) is 36.7 Å². The first-order chi connectivity index (χ1) is 13.8. The molecule has 1 unspecified atom stereocenters. The largest absolute Gasteiger partial charge is 0.465 e. The number of pyridine rings is 1. The topological polar surface area (TPSA) is 107 Å². The summed E-state index contributed by atoms with van der Waals surface area (Å²) in [5, 5.41) is 12.7. The summed E-state index contributed by atoms with van der Waals surface area (Å²) in [6.07, 6.45) is 3.55. The number of aromatic amines is 2. The van der Waals surface area contributed by atoms with Gasteiger partial charge in [-0.2, -0.15) is 0 Å². The second-order valence-corrected chi connectivity index (χ2v) is 6.95. The Kier molecular flexibility index (Phi) is 4.50. The number of rotatable bonds is 5. The molecule has 9 heteroatoms. The Morgan fingerprint density at radius 3 is 2.76 bits per heavy atom. The SMILES string of the molecule is CC(Cc1c[nH]c2cc(F)ccc12)(NC(=O)O)c1ncc(-c2cc(F)ccn2)[nH]1. The van der Waals surface area contributed by atoms with Gasteiger partial charge in [0.25, 0.3) is 0 Å². The van der Waals surface area contributed by atoms with Crippen LogP contribution in [-0.4, -0.2) is 31.1 Å². The molecule has 0 spiro atoms. The Morgan fingerprint density at radius 1 is 1.21 bits per heavy atom. The Hall–Kier alpha value is -3.75. The van der Waals surface area contributed by atoms with Crippen LogP contribution in [0.4, 0.5) is 13.6 Å². The van der Waals surface area contributed by atoms with Gasteiger partial charge >= 0.3 is 6.09 Å². The third-order valence-electron chi connectivity index (χ3n) is 4.75. The molecule has 7 nitrogen and oxygen atoms in total. The molecule has 0 bridgehead atoms. The number of fused-ring (bicyclic) bond motifs is 1. The van der Waals surface area contributed by atoms with Crippen molar-refractivity contribution in [2.45, 2.75) is 18.9 Å². The molecule has 0 aliphatic heterocycles. The number of nitrogens with zero attached hydrogens (tertiary/aromatic N) is 2. The van der Waals surface area contributed by atoms with Crippen molar-refractivity contribution in [2.75, 3.05) is 0 Å². The fourth-order valence-electron chi connectivity index (χ4n) is 3.39. The van der Waals surface area contributed by atoms with Crippen molar-refractivity contribution in [1.29, 1.82) is 0 Å². The van der Waals surface area contributed by atoms with Crippen molar-refractivity contribution >= 4 is 17.0 Å². The molecule has 0 radical (unpaired) electrons. The molecule has 1 aromatic carbocycles. The molecule has 0 fully saturated rings. The maximum absolute atomic E-state index is 13.5. The van der Waals surface area contributed by atoms with Crippen LogP contribution in [0, 0.1) is 11.6 Å². The molecule has 0 saturated heterocycles. The van der Waals surface area contributed by atoms with E-state index >= 15 is 0 Å². The number of carbonyl (C=O) groups is 1. The van der Waals surface area contributed by atoms with Crippen LogP contribution in [0.15, 0.2) is 48.9 Å². The predicted octanol–water partition coefficient (Wildman–Crippen LogP) is 3.96. The first-order valence-electron chi connectivity index (χ1n) is 8.78. The molecular formula is C20H17F2N5O2. The summed E-state index contributed by atoms with van der Waals surface area (Å²) in [5.41, 5.74) is 1.09. The van der Waals surface area contributed by atoms with E-state index in [9.17, 15) is 18.7 Å². The van der Waals surface area contributed by atoms with Gasteiger partial charge < -0.3 is 20.4 Å². The lowest BCUT2D eigenvalue weighted by Gasteiger charge is -2.27. The quantitative estimate of drug-likeness (QED) is 0.409. The van der Waals surface area contributed by atoms with Gasteiger partial charge in [-0.25, -0.2) is 18.6 Å². The lowest BCUT2D eigenvalue weighted by atomic mass is 9.91. The second-order valence-electron chi connectivity index (χ2n) is 6.95. The molecule has 148 valence electrons. The summed E-state index contributed by atoms with van der Waals surface area (Å²) in [7, 11) is 0. The Labute approximate surface area is 163 Å². The Bertz CT molecular complexity index is 1200. The van der Waals surface area contributed by atoms with Crippen LogP contribution in [0.3, 0.4) is 0 Å². The number of aromatic nitrogens is 4. The number of halogens is 2. The van der Waals surface area contributed by atoms with Crippen LogP contribution >= 0.6 is 0 Å². The average Bonchev–Trinajstić information content (AvgIpc) is 3.29. The van der Waals surface area contributed by atoms with E-state index < -0.39 is 17.4 Å². The molecule has 1 amide bonds. The minimum atomic E-state index is -1.22. The highest BCUT2D eigenvalue weighted by atomic mass is 19.1. The van der Waals surface area contributed by atoms with E-state index in [1.807, 2.05) is 0 Å². The third-order valence-corrected chi connectivity index (χ3v) is 4.75. The first kappa shape index (κ1) is 18.6. The van der Waals surface area contributed by atoms with E-state index in [1.54, 1.807) is 19.2 Å². The zero-order valence-corrected chi connectivity index (χ0v) is 15.3.